The van der Waals surface area contributed by atoms with E-state index in [2.05, 4.69) is 19.9 Å². The summed E-state index contributed by atoms with van der Waals surface area (Å²) in [6.07, 6.45) is 8.24. The minimum absolute atomic E-state index is 0.0500. The molecule has 1 aromatic carbocycles. The van der Waals surface area contributed by atoms with Gasteiger partial charge in [-0.3, -0.25) is 0 Å². The molecule has 0 atom stereocenters. The van der Waals surface area contributed by atoms with Gasteiger partial charge in [0.25, 0.3) is 0 Å². The van der Waals surface area contributed by atoms with Gasteiger partial charge in [0.05, 0.1) is 0 Å². The van der Waals surface area contributed by atoms with E-state index in [1.807, 2.05) is 6.07 Å². The standard InChI is InChI=1S/C6H5.2C5H4N2O2.Bi/c1-2-4-6-5-3-1;2*8-5(9)4-3-6-1-2-7-4;/h1-5H;2*1-3H,(H,8,9);/q;;;+2/p-2. The summed E-state index contributed by atoms with van der Waals surface area (Å²) >= 11 is -3.64. The second-order valence-corrected chi connectivity index (χ2v) is 9.96. The Morgan fingerprint density at radius 1 is 0.760 bits per heavy atom. The normalized spacial score (nSPS) is 10.3. The van der Waals surface area contributed by atoms with Crippen LogP contribution in [0.1, 0.15) is 21.0 Å². The Morgan fingerprint density at radius 3 is 1.72 bits per heavy atom. The van der Waals surface area contributed by atoms with E-state index in [1.165, 1.54) is 37.2 Å². The van der Waals surface area contributed by atoms with Crippen LogP contribution in [0.25, 0.3) is 0 Å². The van der Waals surface area contributed by atoms with Crippen molar-refractivity contribution in [3.8, 4) is 0 Å². The number of benzene rings is 1. The summed E-state index contributed by atoms with van der Waals surface area (Å²) in [5.74, 6) is -1.36. The van der Waals surface area contributed by atoms with Gasteiger partial charge in [0.2, 0.25) is 0 Å². The predicted molar refractivity (Wildman–Crippen MR) is 86.7 cm³/mol. The second-order valence-electron chi connectivity index (χ2n) is 4.53. The van der Waals surface area contributed by atoms with Gasteiger partial charge in [-0.15, -0.1) is 0 Å². The molecule has 0 N–H and O–H groups in total. The predicted octanol–water partition coefficient (Wildman–Crippen LogP) is 0.676. The number of hydrogen-bond acceptors (Lipinski definition) is 8. The maximum absolute atomic E-state index is 12.3. The Hall–Kier alpha value is -2.80. The number of carbonyl (C=O) groups excluding carboxylic acids is 2. The molecule has 0 amide bonds. The van der Waals surface area contributed by atoms with Crippen molar-refractivity contribution in [1.82, 2.24) is 19.9 Å². The zero-order valence-corrected chi connectivity index (χ0v) is 16.2. The molecule has 8 nitrogen and oxygen atoms in total. The van der Waals surface area contributed by atoms with E-state index in [-0.39, 0.29) is 11.4 Å². The first-order valence-corrected chi connectivity index (χ1v) is 11.6. The molecule has 0 fully saturated rings. The van der Waals surface area contributed by atoms with Gasteiger partial charge in [-0.25, -0.2) is 0 Å². The molecule has 0 aliphatic rings. The summed E-state index contributed by atoms with van der Waals surface area (Å²) in [5.41, 5.74) is 0.1000. The molecule has 2 heterocycles. The van der Waals surface area contributed by atoms with Gasteiger partial charge in [0, 0.05) is 0 Å². The first kappa shape index (κ1) is 17.0. The molecule has 2 aromatic heterocycles. The molecule has 0 unspecified atom stereocenters. The van der Waals surface area contributed by atoms with Crippen LogP contribution in [0.4, 0.5) is 0 Å². The van der Waals surface area contributed by atoms with Gasteiger partial charge < -0.3 is 0 Å². The Bertz CT molecular complexity index is 796. The van der Waals surface area contributed by atoms with Crippen molar-refractivity contribution in [3.63, 3.8) is 0 Å². The van der Waals surface area contributed by atoms with Crippen molar-refractivity contribution in [1.29, 1.82) is 0 Å². The number of carbonyl (C=O) groups is 2. The van der Waals surface area contributed by atoms with Gasteiger partial charge in [-0.2, -0.15) is 0 Å². The molecular weight excluding hydrogens is 521 g/mol. The van der Waals surface area contributed by atoms with Crippen LogP contribution in [0.3, 0.4) is 0 Å². The third-order valence-corrected chi connectivity index (χ3v) is 8.22. The topological polar surface area (TPSA) is 104 Å². The van der Waals surface area contributed by atoms with E-state index in [9.17, 15) is 9.59 Å². The first-order valence-electron chi connectivity index (χ1n) is 7.06. The number of nitrogens with zero attached hydrogens (tertiary/aromatic N) is 4. The van der Waals surface area contributed by atoms with Gasteiger partial charge in [0.1, 0.15) is 0 Å². The summed E-state index contributed by atoms with van der Waals surface area (Å²) < 4.78 is 11.7. The van der Waals surface area contributed by atoms with Crippen molar-refractivity contribution in [3.05, 3.63) is 78.9 Å². The molecule has 0 bridgehead atoms. The Labute approximate surface area is 151 Å². The van der Waals surface area contributed by atoms with Gasteiger partial charge >= 0.3 is 152 Å². The summed E-state index contributed by atoms with van der Waals surface area (Å²) in [4.78, 5) is 40.0. The number of hydrogen-bond donors (Lipinski definition) is 0. The van der Waals surface area contributed by atoms with Crippen molar-refractivity contribution < 1.29 is 15.2 Å². The Kier molecular flexibility index (Phi) is 5.69. The maximum atomic E-state index is 12.3. The molecule has 25 heavy (non-hydrogen) atoms. The zero-order valence-electron chi connectivity index (χ0n) is 12.7. The minimum atomic E-state index is -3.64. The van der Waals surface area contributed by atoms with Crippen molar-refractivity contribution >= 4 is 37.8 Å². The molecular formula is C16H11BiN4O4. The Morgan fingerprint density at radius 2 is 1.28 bits per heavy atom. The number of rotatable bonds is 5. The van der Waals surface area contributed by atoms with Crippen LogP contribution in [-0.4, -0.2) is 54.5 Å². The van der Waals surface area contributed by atoms with E-state index in [0.29, 0.717) is 3.27 Å². The van der Waals surface area contributed by atoms with E-state index in [1.54, 1.807) is 24.3 Å². The summed E-state index contributed by atoms with van der Waals surface area (Å²) in [6, 6.07) is 8.89. The van der Waals surface area contributed by atoms with Gasteiger partial charge in [0.15, 0.2) is 0 Å². The zero-order chi connectivity index (χ0) is 17.5. The molecule has 0 aliphatic heterocycles. The average molecular weight is 532 g/mol. The SMILES string of the molecule is O=C([O][Bi]([O]C(=O)c1cnccn1)[c]1ccccc1)c1cnccn1. The van der Waals surface area contributed by atoms with Crippen LogP contribution < -0.4 is 3.27 Å². The second kappa shape index (κ2) is 8.35. The Balaban J connectivity index is 1.81. The third-order valence-electron chi connectivity index (χ3n) is 2.84. The number of aromatic nitrogens is 4. The molecule has 3 aromatic rings. The molecule has 3 rings (SSSR count). The van der Waals surface area contributed by atoms with Gasteiger partial charge in [-0.05, 0) is 0 Å². The van der Waals surface area contributed by atoms with E-state index in [0.717, 1.165) is 0 Å². The fraction of sp³-hybridized carbons (Fsp3) is 0. The van der Waals surface area contributed by atoms with Gasteiger partial charge in [-0.1, -0.05) is 0 Å². The average Bonchev–Trinajstić information content (AvgIpc) is 2.69. The van der Waals surface area contributed by atoms with Crippen molar-refractivity contribution in [2.45, 2.75) is 0 Å². The molecule has 124 valence electrons. The van der Waals surface area contributed by atoms with E-state index >= 15 is 0 Å². The van der Waals surface area contributed by atoms with Crippen LogP contribution >= 0.6 is 0 Å². The fourth-order valence-electron chi connectivity index (χ4n) is 1.73. The molecule has 0 radical (unpaired) electrons. The van der Waals surface area contributed by atoms with E-state index < -0.39 is 34.6 Å². The third kappa shape index (κ3) is 4.61. The van der Waals surface area contributed by atoms with Crippen molar-refractivity contribution in [2.75, 3.05) is 0 Å². The first-order chi connectivity index (χ1) is 12.2. The van der Waals surface area contributed by atoms with Crippen LogP contribution in [0.15, 0.2) is 67.5 Å². The summed E-state index contributed by atoms with van der Waals surface area (Å²) in [7, 11) is 0. The quantitative estimate of drug-likeness (QED) is 0.442. The molecule has 0 aliphatic carbocycles. The molecule has 9 heteroatoms. The molecule has 0 spiro atoms. The summed E-state index contributed by atoms with van der Waals surface area (Å²) in [5, 5.41) is 0. The van der Waals surface area contributed by atoms with Crippen molar-refractivity contribution in [2.24, 2.45) is 0 Å². The van der Waals surface area contributed by atoms with Crippen LogP contribution in [0, 0.1) is 0 Å². The monoisotopic (exact) mass is 532 g/mol. The van der Waals surface area contributed by atoms with Crippen LogP contribution in [0.2, 0.25) is 0 Å². The fourth-order valence-corrected chi connectivity index (χ4v) is 6.20. The molecule has 0 saturated heterocycles. The van der Waals surface area contributed by atoms with Crippen LogP contribution in [-0.2, 0) is 5.63 Å². The molecule has 0 saturated carbocycles. The summed E-state index contributed by atoms with van der Waals surface area (Å²) in [6.45, 7) is 0. The van der Waals surface area contributed by atoms with E-state index in [4.69, 9.17) is 5.63 Å². The van der Waals surface area contributed by atoms with Crippen LogP contribution in [0.5, 0.6) is 0 Å².